The van der Waals surface area contributed by atoms with Gasteiger partial charge in [0.15, 0.2) is 5.11 Å². The fourth-order valence-corrected chi connectivity index (χ4v) is 2.80. The van der Waals surface area contributed by atoms with E-state index >= 15 is 0 Å². The smallest absolute Gasteiger partial charge is 0.269 e. The lowest BCUT2D eigenvalue weighted by molar-refractivity contribution is -0.384. The molecule has 7 heteroatoms. The highest BCUT2D eigenvalue weighted by molar-refractivity contribution is 7.80. The van der Waals surface area contributed by atoms with Gasteiger partial charge in [-0.05, 0) is 48.6 Å². The summed E-state index contributed by atoms with van der Waals surface area (Å²) in [5, 5.41) is 13.6. The van der Waals surface area contributed by atoms with Gasteiger partial charge in [-0.1, -0.05) is 36.4 Å². The third-order valence-corrected chi connectivity index (χ3v) is 4.08. The number of nitrogens with one attached hydrogen (secondary N) is 1. The van der Waals surface area contributed by atoms with Gasteiger partial charge in [-0.15, -0.1) is 0 Å². The molecule has 3 aromatic carbocycles. The Kier molecular flexibility index (Phi) is 5.53. The van der Waals surface area contributed by atoms with E-state index in [1.807, 2.05) is 60.7 Å². The summed E-state index contributed by atoms with van der Waals surface area (Å²) < 4.78 is 0. The van der Waals surface area contributed by atoms with Crippen molar-refractivity contribution >= 4 is 40.3 Å². The van der Waals surface area contributed by atoms with Crippen LogP contribution >= 0.6 is 12.2 Å². The zero-order valence-electron chi connectivity index (χ0n) is 14.1. The molecule has 0 saturated heterocycles. The number of nitrogens with zero attached hydrogens (tertiary/aromatic N) is 2. The fraction of sp³-hybridized carbons (Fsp3) is 0. The molecule has 27 heavy (non-hydrogen) atoms. The van der Waals surface area contributed by atoms with E-state index in [2.05, 4.69) is 5.32 Å². The summed E-state index contributed by atoms with van der Waals surface area (Å²) in [4.78, 5) is 24.5. The molecule has 1 amide bonds. The van der Waals surface area contributed by atoms with Crippen molar-refractivity contribution in [3.8, 4) is 0 Å². The maximum atomic E-state index is 12.5. The number of carbonyl (C=O) groups is 1. The van der Waals surface area contributed by atoms with Crippen LogP contribution < -0.4 is 10.2 Å². The van der Waals surface area contributed by atoms with Crippen molar-refractivity contribution in [2.75, 3.05) is 4.90 Å². The molecular weight excluding hydrogens is 362 g/mol. The SMILES string of the molecule is O=C(NC(=S)N(c1ccccc1)c1ccccc1)c1ccc([N+](=O)[O-])cc1. The zero-order valence-corrected chi connectivity index (χ0v) is 14.9. The molecule has 0 unspecified atom stereocenters. The fourth-order valence-electron chi connectivity index (χ4n) is 2.50. The van der Waals surface area contributed by atoms with Gasteiger partial charge in [-0.2, -0.15) is 0 Å². The minimum atomic E-state index is -0.515. The van der Waals surface area contributed by atoms with E-state index in [0.717, 1.165) is 11.4 Å². The lowest BCUT2D eigenvalue weighted by Crippen LogP contribution is -2.40. The molecule has 134 valence electrons. The van der Waals surface area contributed by atoms with Crippen LogP contribution in [0.25, 0.3) is 0 Å². The van der Waals surface area contributed by atoms with Crippen molar-refractivity contribution in [1.29, 1.82) is 0 Å². The highest BCUT2D eigenvalue weighted by Crippen LogP contribution is 2.25. The van der Waals surface area contributed by atoms with Crippen molar-refractivity contribution in [3.05, 3.63) is 101 Å². The second kappa shape index (κ2) is 8.20. The molecular formula is C20H15N3O3S. The number of benzene rings is 3. The van der Waals surface area contributed by atoms with Crippen molar-refractivity contribution < 1.29 is 9.72 Å². The molecule has 0 aromatic heterocycles. The highest BCUT2D eigenvalue weighted by Gasteiger charge is 2.18. The molecule has 0 atom stereocenters. The number of hydrogen-bond acceptors (Lipinski definition) is 4. The van der Waals surface area contributed by atoms with Crippen LogP contribution in [0.3, 0.4) is 0 Å². The van der Waals surface area contributed by atoms with Crippen LogP contribution in [0.1, 0.15) is 10.4 Å². The van der Waals surface area contributed by atoms with E-state index in [4.69, 9.17) is 12.2 Å². The number of nitro benzene ring substituents is 1. The lowest BCUT2D eigenvalue weighted by atomic mass is 10.2. The Morgan fingerprint density at radius 3 is 1.78 bits per heavy atom. The Hall–Kier alpha value is -3.58. The van der Waals surface area contributed by atoms with Crippen LogP contribution in [0.2, 0.25) is 0 Å². The monoisotopic (exact) mass is 377 g/mol. The van der Waals surface area contributed by atoms with Crippen molar-refractivity contribution in [1.82, 2.24) is 5.32 Å². The lowest BCUT2D eigenvalue weighted by Gasteiger charge is -2.25. The number of para-hydroxylation sites is 2. The standard InChI is InChI=1S/C20H15N3O3S/c24-19(15-11-13-18(14-12-15)23(25)26)21-20(27)22(16-7-3-1-4-8-16)17-9-5-2-6-10-17/h1-14H,(H,21,24,27). The Morgan fingerprint density at radius 1 is 0.852 bits per heavy atom. The molecule has 1 N–H and O–H groups in total. The average molecular weight is 377 g/mol. The minimum absolute atomic E-state index is 0.0793. The minimum Gasteiger partial charge on any atom is -0.298 e. The number of thiocarbonyl (C=S) groups is 1. The first-order chi connectivity index (χ1) is 13.1. The first-order valence-electron chi connectivity index (χ1n) is 8.06. The zero-order chi connectivity index (χ0) is 19.2. The van der Waals surface area contributed by atoms with Crippen molar-refractivity contribution in [2.45, 2.75) is 0 Å². The third-order valence-electron chi connectivity index (χ3n) is 3.79. The second-order valence-electron chi connectivity index (χ2n) is 5.57. The van der Waals surface area contributed by atoms with Crippen LogP contribution in [-0.4, -0.2) is 15.9 Å². The number of rotatable bonds is 4. The number of anilines is 2. The molecule has 0 aliphatic carbocycles. The number of carbonyl (C=O) groups excluding carboxylic acids is 1. The van der Waals surface area contributed by atoms with Crippen LogP contribution in [0.15, 0.2) is 84.9 Å². The predicted molar refractivity (Wildman–Crippen MR) is 108 cm³/mol. The van der Waals surface area contributed by atoms with Crippen molar-refractivity contribution in [3.63, 3.8) is 0 Å². The van der Waals surface area contributed by atoms with Crippen LogP contribution in [0.5, 0.6) is 0 Å². The maximum absolute atomic E-state index is 12.5. The number of amides is 1. The van der Waals surface area contributed by atoms with E-state index in [1.165, 1.54) is 24.3 Å². The largest absolute Gasteiger partial charge is 0.298 e. The topological polar surface area (TPSA) is 75.5 Å². The molecule has 0 saturated carbocycles. The summed E-state index contributed by atoms with van der Waals surface area (Å²) in [5.41, 5.74) is 1.81. The van der Waals surface area contributed by atoms with Gasteiger partial charge in [-0.3, -0.25) is 25.1 Å². The summed E-state index contributed by atoms with van der Waals surface area (Å²) >= 11 is 5.47. The van der Waals surface area contributed by atoms with Gasteiger partial charge < -0.3 is 0 Å². The molecule has 0 fully saturated rings. The Bertz CT molecular complexity index is 921. The van der Waals surface area contributed by atoms with Crippen molar-refractivity contribution in [2.24, 2.45) is 0 Å². The van der Waals surface area contributed by atoms with Gasteiger partial charge in [0.1, 0.15) is 0 Å². The molecule has 0 aliphatic heterocycles. The van der Waals surface area contributed by atoms with Gasteiger partial charge in [0, 0.05) is 29.1 Å². The number of nitro groups is 1. The Labute approximate surface area is 161 Å². The number of non-ortho nitro benzene ring substituents is 1. The van der Waals surface area contributed by atoms with Gasteiger partial charge in [-0.25, -0.2) is 0 Å². The predicted octanol–water partition coefficient (Wildman–Crippen LogP) is 4.45. The molecule has 0 bridgehead atoms. The molecule has 0 radical (unpaired) electrons. The first-order valence-corrected chi connectivity index (χ1v) is 8.47. The van der Waals surface area contributed by atoms with E-state index in [1.54, 1.807) is 4.90 Å². The van der Waals surface area contributed by atoms with Gasteiger partial charge in [0.05, 0.1) is 4.92 Å². The summed E-state index contributed by atoms with van der Waals surface area (Å²) in [6, 6.07) is 24.2. The van der Waals surface area contributed by atoms with E-state index in [0.29, 0.717) is 0 Å². The second-order valence-corrected chi connectivity index (χ2v) is 5.96. The van der Waals surface area contributed by atoms with Gasteiger partial charge in [0.25, 0.3) is 11.6 Å². The molecule has 6 nitrogen and oxygen atoms in total. The van der Waals surface area contributed by atoms with Crippen LogP contribution in [-0.2, 0) is 0 Å². The Morgan fingerprint density at radius 2 is 1.33 bits per heavy atom. The van der Waals surface area contributed by atoms with Crippen LogP contribution in [0, 0.1) is 10.1 Å². The average Bonchev–Trinajstić information content (AvgIpc) is 2.70. The first kappa shape index (κ1) is 18.2. The molecule has 0 spiro atoms. The summed E-state index contributed by atoms with van der Waals surface area (Å²) in [5.74, 6) is -0.438. The summed E-state index contributed by atoms with van der Waals surface area (Å²) in [6.45, 7) is 0. The molecule has 3 rings (SSSR count). The van der Waals surface area contributed by atoms with E-state index < -0.39 is 10.8 Å². The summed E-state index contributed by atoms with van der Waals surface area (Å²) in [7, 11) is 0. The third kappa shape index (κ3) is 4.34. The van der Waals surface area contributed by atoms with Gasteiger partial charge >= 0.3 is 0 Å². The normalized spacial score (nSPS) is 10.1. The Balaban J connectivity index is 1.84. The number of hydrogen-bond donors (Lipinski definition) is 1. The molecule has 3 aromatic rings. The molecule has 0 heterocycles. The highest BCUT2D eigenvalue weighted by atomic mass is 32.1. The maximum Gasteiger partial charge on any atom is 0.269 e. The van der Waals surface area contributed by atoms with Gasteiger partial charge in [0.2, 0.25) is 0 Å². The van der Waals surface area contributed by atoms with E-state index in [9.17, 15) is 14.9 Å². The van der Waals surface area contributed by atoms with Crippen LogP contribution in [0.4, 0.5) is 17.1 Å². The summed E-state index contributed by atoms with van der Waals surface area (Å²) in [6.07, 6.45) is 0. The quantitative estimate of drug-likeness (QED) is 0.413. The molecule has 0 aliphatic rings. The van der Waals surface area contributed by atoms with E-state index in [-0.39, 0.29) is 16.4 Å².